The van der Waals surface area contributed by atoms with Crippen LogP contribution in [-0.2, 0) is 0 Å². The molecule has 1 rings (SSSR count). The molecule has 0 bridgehead atoms. The molecule has 3 N–H and O–H groups in total. The van der Waals surface area contributed by atoms with Crippen molar-refractivity contribution in [1.82, 2.24) is 0 Å². The van der Waals surface area contributed by atoms with Crippen molar-refractivity contribution in [3.63, 3.8) is 0 Å². The van der Waals surface area contributed by atoms with E-state index in [1.165, 1.54) is 0 Å². The summed E-state index contributed by atoms with van der Waals surface area (Å²) in [7, 11) is 0. The second-order valence-corrected chi connectivity index (χ2v) is 4.33. The SMILES string of the molecule is CC(C)C(N)c1ccc(O)cc1Br. The summed E-state index contributed by atoms with van der Waals surface area (Å²) in [6, 6.07) is 5.18. The molecule has 0 aromatic heterocycles. The van der Waals surface area contributed by atoms with Crippen molar-refractivity contribution in [2.24, 2.45) is 11.7 Å². The zero-order valence-corrected chi connectivity index (χ0v) is 9.38. The van der Waals surface area contributed by atoms with Crippen molar-refractivity contribution in [2.75, 3.05) is 0 Å². The van der Waals surface area contributed by atoms with Crippen LogP contribution < -0.4 is 5.73 Å². The van der Waals surface area contributed by atoms with E-state index in [1.807, 2.05) is 6.07 Å². The molecular weight excluding hydrogens is 230 g/mol. The van der Waals surface area contributed by atoms with Gasteiger partial charge in [0, 0.05) is 10.5 Å². The summed E-state index contributed by atoms with van der Waals surface area (Å²) in [4.78, 5) is 0. The fourth-order valence-corrected chi connectivity index (χ4v) is 1.78. The lowest BCUT2D eigenvalue weighted by atomic mass is 9.97. The van der Waals surface area contributed by atoms with Crippen LogP contribution in [0.2, 0.25) is 0 Å². The van der Waals surface area contributed by atoms with Crippen molar-refractivity contribution in [1.29, 1.82) is 0 Å². The maximum atomic E-state index is 9.19. The standard InChI is InChI=1S/C10H14BrNO/c1-6(2)10(12)8-4-3-7(13)5-9(8)11/h3-6,10,13H,12H2,1-2H3. The van der Waals surface area contributed by atoms with Crippen LogP contribution in [-0.4, -0.2) is 5.11 Å². The van der Waals surface area contributed by atoms with Crippen molar-refractivity contribution in [2.45, 2.75) is 19.9 Å². The van der Waals surface area contributed by atoms with Gasteiger partial charge in [-0.2, -0.15) is 0 Å². The summed E-state index contributed by atoms with van der Waals surface area (Å²) in [5, 5.41) is 9.19. The highest BCUT2D eigenvalue weighted by Gasteiger charge is 2.13. The molecular formula is C10H14BrNO. The maximum absolute atomic E-state index is 9.19. The second kappa shape index (κ2) is 4.11. The molecule has 1 aromatic carbocycles. The first-order valence-corrected chi connectivity index (χ1v) is 5.05. The normalized spacial score (nSPS) is 13.3. The van der Waals surface area contributed by atoms with Crippen LogP contribution in [0.5, 0.6) is 5.75 Å². The molecule has 0 aliphatic carbocycles. The van der Waals surface area contributed by atoms with E-state index >= 15 is 0 Å². The van der Waals surface area contributed by atoms with Gasteiger partial charge in [0.25, 0.3) is 0 Å². The van der Waals surface area contributed by atoms with Gasteiger partial charge in [-0.25, -0.2) is 0 Å². The van der Waals surface area contributed by atoms with E-state index in [0.717, 1.165) is 10.0 Å². The molecule has 72 valence electrons. The Hall–Kier alpha value is -0.540. The van der Waals surface area contributed by atoms with Crippen LogP contribution in [0.1, 0.15) is 25.5 Å². The van der Waals surface area contributed by atoms with Gasteiger partial charge in [0.2, 0.25) is 0 Å². The summed E-state index contributed by atoms with van der Waals surface area (Å²) >= 11 is 3.38. The molecule has 0 amide bonds. The Bertz CT molecular complexity index is 299. The molecule has 3 heteroatoms. The van der Waals surface area contributed by atoms with E-state index in [2.05, 4.69) is 29.8 Å². The van der Waals surface area contributed by atoms with E-state index in [9.17, 15) is 5.11 Å². The van der Waals surface area contributed by atoms with Gasteiger partial charge in [0.15, 0.2) is 0 Å². The predicted octanol–water partition coefficient (Wildman–Crippen LogP) is 2.81. The van der Waals surface area contributed by atoms with E-state index in [-0.39, 0.29) is 11.8 Å². The highest BCUT2D eigenvalue weighted by atomic mass is 79.9. The van der Waals surface area contributed by atoms with Gasteiger partial charge in [-0.05, 0) is 23.6 Å². The van der Waals surface area contributed by atoms with E-state index in [4.69, 9.17) is 5.73 Å². The predicted molar refractivity (Wildman–Crippen MR) is 57.6 cm³/mol. The van der Waals surface area contributed by atoms with Crippen LogP contribution in [0.4, 0.5) is 0 Å². The van der Waals surface area contributed by atoms with Gasteiger partial charge in [-0.15, -0.1) is 0 Å². The second-order valence-electron chi connectivity index (χ2n) is 3.48. The lowest BCUT2D eigenvalue weighted by Gasteiger charge is -2.17. The monoisotopic (exact) mass is 243 g/mol. The third-order valence-corrected chi connectivity index (χ3v) is 2.75. The Labute approximate surface area is 86.9 Å². The molecule has 0 spiro atoms. The average molecular weight is 244 g/mol. The molecule has 0 heterocycles. The van der Waals surface area contributed by atoms with Crippen LogP contribution in [0, 0.1) is 5.92 Å². The molecule has 1 atom stereocenters. The van der Waals surface area contributed by atoms with Crippen LogP contribution in [0.25, 0.3) is 0 Å². The molecule has 0 radical (unpaired) electrons. The Kier molecular flexibility index (Phi) is 3.33. The Balaban J connectivity index is 3.01. The Morgan fingerprint density at radius 2 is 2.00 bits per heavy atom. The van der Waals surface area contributed by atoms with Gasteiger partial charge in [-0.3, -0.25) is 0 Å². The molecule has 0 saturated carbocycles. The van der Waals surface area contributed by atoms with Gasteiger partial charge in [0.1, 0.15) is 5.75 Å². The van der Waals surface area contributed by atoms with Gasteiger partial charge >= 0.3 is 0 Å². The van der Waals surface area contributed by atoms with E-state index in [0.29, 0.717) is 5.92 Å². The number of phenols is 1. The van der Waals surface area contributed by atoms with Crippen molar-refractivity contribution in [3.05, 3.63) is 28.2 Å². The zero-order chi connectivity index (χ0) is 10.0. The molecule has 1 unspecified atom stereocenters. The summed E-state index contributed by atoms with van der Waals surface area (Å²) in [6.07, 6.45) is 0. The van der Waals surface area contributed by atoms with E-state index < -0.39 is 0 Å². The lowest BCUT2D eigenvalue weighted by Crippen LogP contribution is -2.16. The molecule has 0 aliphatic heterocycles. The number of phenolic OH excluding ortho intramolecular Hbond substituents is 1. The first kappa shape index (κ1) is 10.5. The van der Waals surface area contributed by atoms with E-state index in [1.54, 1.807) is 12.1 Å². The first-order chi connectivity index (χ1) is 6.02. The molecule has 0 aliphatic rings. The van der Waals surface area contributed by atoms with Crippen molar-refractivity contribution in [3.8, 4) is 5.75 Å². The zero-order valence-electron chi connectivity index (χ0n) is 7.79. The molecule has 0 saturated heterocycles. The minimum Gasteiger partial charge on any atom is -0.508 e. The third-order valence-electron chi connectivity index (χ3n) is 2.06. The van der Waals surface area contributed by atoms with Gasteiger partial charge in [0.05, 0.1) is 0 Å². The highest BCUT2D eigenvalue weighted by molar-refractivity contribution is 9.10. The number of rotatable bonds is 2. The average Bonchev–Trinajstić information content (AvgIpc) is 2.03. The van der Waals surface area contributed by atoms with Crippen LogP contribution in [0.15, 0.2) is 22.7 Å². The van der Waals surface area contributed by atoms with Crippen LogP contribution >= 0.6 is 15.9 Å². The summed E-state index contributed by atoms with van der Waals surface area (Å²) in [5.74, 6) is 0.646. The molecule has 13 heavy (non-hydrogen) atoms. The largest absolute Gasteiger partial charge is 0.508 e. The number of hydrogen-bond donors (Lipinski definition) is 2. The Morgan fingerprint density at radius 3 is 2.46 bits per heavy atom. The third kappa shape index (κ3) is 2.45. The van der Waals surface area contributed by atoms with Gasteiger partial charge in [-0.1, -0.05) is 35.8 Å². The minimum atomic E-state index is 0.00924. The summed E-state index contributed by atoms with van der Waals surface area (Å²) < 4.78 is 0.869. The highest BCUT2D eigenvalue weighted by Crippen LogP contribution is 2.29. The first-order valence-electron chi connectivity index (χ1n) is 4.26. The lowest BCUT2D eigenvalue weighted by molar-refractivity contribution is 0.472. The summed E-state index contributed by atoms with van der Waals surface area (Å²) in [6.45, 7) is 4.15. The summed E-state index contributed by atoms with van der Waals surface area (Å²) in [5.41, 5.74) is 7.01. The molecule has 0 fully saturated rings. The number of hydrogen-bond acceptors (Lipinski definition) is 2. The maximum Gasteiger partial charge on any atom is 0.116 e. The fourth-order valence-electron chi connectivity index (χ4n) is 1.15. The van der Waals surface area contributed by atoms with Crippen LogP contribution in [0.3, 0.4) is 0 Å². The number of aromatic hydroxyl groups is 1. The molecule has 2 nitrogen and oxygen atoms in total. The smallest absolute Gasteiger partial charge is 0.116 e. The number of halogens is 1. The van der Waals surface area contributed by atoms with Crippen molar-refractivity contribution >= 4 is 15.9 Å². The topological polar surface area (TPSA) is 46.2 Å². The number of benzene rings is 1. The number of nitrogens with two attached hydrogens (primary N) is 1. The minimum absolute atomic E-state index is 0.00924. The quantitative estimate of drug-likeness (QED) is 0.840. The van der Waals surface area contributed by atoms with Gasteiger partial charge < -0.3 is 10.8 Å². The molecule has 1 aromatic rings. The fraction of sp³-hybridized carbons (Fsp3) is 0.400. The van der Waals surface area contributed by atoms with Crippen molar-refractivity contribution < 1.29 is 5.11 Å². The Morgan fingerprint density at radius 1 is 1.38 bits per heavy atom.